The minimum Gasteiger partial charge on any atom is -0.492 e. The second kappa shape index (κ2) is 7.00. The highest BCUT2D eigenvalue weighted by Crippen LogP contribution is 2.32. The molecule has 0 aliphatic heterocycles. The summed E-state index contributed by atoms with van der Waals surface area (Å²) in [7, 11) is 3.88. The van der Waals surface area contributed by atoms with Crippen molar-refractivity contribution < 1.29 is 22.6 Å². The average molecular weight is 342 g/mol. The van der Waals surface area contributed by atoms with Gasteiger partial charge in [-0.25, -0.2) is 0 Å². The van der Waals surface area contributed by atoms with Gasteiger partial charge in [0.1, 0.15) is 11.5 Å². The number of nitrogens with zero attached hydrogens (tertiary/aromatic N) is 1. The van der Waals surface area contributed by atoms with E-state index in [1.54, 1.807) is 0 Å². The first-order chi connectivity index (χ1) is 8.78. The van der Waals surface area contributed by atoms with Gasteiger partial charge < -0.3 is 14.4 Å². The summed E-state index contributed by atoms with van der Waals surface area (Å²) in [5, 5.41) is 0. The predicted octanol–water partition coefficient (Wildman–Crippen LogP) is 3.68. The van der Waals surface area contributed by atoms with Gasteiger partial charge >= 0.3 is 6.36 Å². The number of rotatable bonds is 6. The number of ether oxygens (including phenoxy) is 2. The summed E-state index contributed by atoms with van der Waals surface area (Å²) in [4.78, 5) is 2.00. The van der Waals surface area contributed by atoms with Crippen LogP contribution in [0.4, 0.5) is 13.2 Å². The van der Waals surface area contributed by atoms with Crippen LogP contribution in [0, 0.1) is 0 Å². The molecule has 0 saturated carbocycles. The molecule has 0 aliphatic rings. The van der Waals surface area contributed by atoms with Crippen molar-refractivity contribution in [3.05, 3.63) is 22.7 Å². The van der Waals surface area contributed by atoms with Crippen LogP contribution in [0.5, 0.6) is 11.5 Å². The van der Waals surface area contributed by atoms with Crippen molar-refractivity contribution in [1.29, 1.82) is 0 Å². The zero-order valence-corrected chi connectivity index (χ0v) is 12.2. The van der Waals surface area contributed by atoms with E-state index in [1.165, 1.54) is 18.2 Å². The molecule has 1 aromatic carbocycles. The molecular weight excluding hydrogens is 327 g/mol. The normalized spacial score (nSPS) is 11.7. The van der Waals surface area contributed by atoms with Crippen molar-refractivity contribution in [2.45, 2.75) is 12.8 Å². The van der Waals surface area contributed by atoms with Crippen LogP contribution < -0.4 is 9.47 Å². The SMILES string of the molecule is CN(C)CCCOc1cc(OC(F)(F)F)ccc1Br. The molecule has 0 amide bonds. The van der Waals surface area contributed by atoms with E-state index in [2.05, 4.69) is 20.7 Å². The second-order valence-corrected chi connectivity index (χ2v) is 5.00. The topological polar surface area (TPSA) is 21.7 Å². The molecule has 0 unspecified atom stereocenters. The standard InChI is InChI=1S/C12H15BrF3NO2/c1-17(2)6-3-7-18-11-8-9(4-5-10(11)13)19-12(14,15)16/h4-5,8H,3,6-7H2,1-2H3. The van der Waals surface area contributed by atoms with Crippen LogP contribution in [-0.2, 0) is 0 Å². The number of benzene rings is 1. The summed E-state index contributed by atoms with van der Waals surface area (Å²) in [5.41, 5.74) is 0. The van der Waals surface area contributed by atoms with Crippen molar-refractivity contribution in [2.75, 3.05) is 27.2 Å². The number of halogens is 4. The summed E-state index contributed by atoms with van der Waals surface area (Å²) < 4.78 is 46.1. The molecule has 0 fully saturated rings. The molecule has 0 bridgehead atoms. The second-order valence-electron chi connectivity index (χ2n) is 4.15. The van der Waals surface area contributed by atoms with Crippen molar-refractivity contribution in [2.24, 2.45) is 0 Å². The zero-order chi connectivity index (χ0) is 14.5. The highest BCUT2D eigenvalue weighted by atomic mass is 79.9. The fourth-order valence-corrected chi connectivity index (χ4v) is 1.72. The van der Waals surface area contributed by atoms with Gasteiger partial charge in [-0.2, -0.15) is 0 Å². The molecule has 0 aromatic heterocycles. The lowest BCUT2D eigenvalue weighted by atomic mass is 10.3. The molecule has 7 heteroatoms. The molecule has 108 valence electrons. The highest BCUT2D eigenvalue weighted by Gasteiger charge is 2.31. The van der Waals surface area contributed by atoms with Gasteiger partial charge in [-0.3, -0.25) is 0 Å². The quantitative estimate of drug-likeness (QED) is 0.737. The van der Waals surface area contributed by atoms with Crippen molar-refractivity contribution in [3.63, 3.8) is 0 Å². The van der Waals surface area contributed by atoms with E-state index in [4.69, 9.17) is 4.74 Å². The summed E-state index contributed by atoms with van der Waals surface area (Å²) in [6.07, 6.45) is -3.92. The lowest BCUT2D eigenvalue weighted by Crippen LogP contribution is -2.17. The van der Waals surface area contributed by atoms with Gasteiger partial charge in [0.2, 0.25) is 0 Å². The van der Waals surface area contributed by atoms with Crippen molar-refractivity contribution in [3.8, 4) is 11.5 Å². The first kappa shape index (κ1) is 16.1. The first-order valence-corrected chi connectivity index (χ1v) is 6.40. The molecule has 19 heavy (non-hydrogen) atoms. The molecular formula is C12H15BrF3NO2. The van der Waals surface area contributed by atoms with Gasteiger partial charge in [0.25, 0.3) is 0 Å². The molecule has 0 spiro atoms. The zero-order valence-electron chi connectivity index (χ0n) is 10.6. The molecule has 0 atom stereocenters. The summed E-state index contributed by atoms with van der Waals surface area (Å²) in [5.74, 6) is 0.0406. The third kappa shape index (κ3) is 6.68. The van der Waals surface area contributed by atoms with E-state index in [1.807, 2.05) is 19.0 Å². The molecule has 1 rings (SSSR count). The lowest BCUT2D eigenvalue weighted by Gasteiger charge is -2.13. The summed E-state index contributed by atoms with van der Waals surface area (Å²) >= 11 is 3.22. The third-order valence-corrected chi connectivity index (χ3v) is 2.80. The molecule has 0 heterocycles. The fourth-order valence-electron chi connectivity index (χ4n) is 1.35. The summed E-state index contributed by atoms with van der Waals surface area (Å²) in [6.45, 7) is 1.27. The minimum absolute atomic E-state index is 0.293. The Bertz CT molecular complexity index is 410. The van der Waals surface area contributed by atoms with Gasteiger partial charge in [0.15, 0.2) is 0 Å². The van der Waals surface area contributed by atoms with E-state index in [9.17, 15) is 13.2 Å². The Balaban J connectivity index is 2.59. The Labute approximate surface area is 118 Å². The van der Waals surface area contributed by atoms with Gasteiger partial charge in [-0.1, -0.05) is 0 Å². The maximum Gasteiger partial charge on any atom is 0.573 e. The average Bonchev–Trinajstić information content (AvgIpc) is 2.26. The minimum atomic E-state index is -4.70. The number of hydrogen-bond donors (Lipinski definition) is 0. The van der Waals surface area contributed by atoms with Crippen LogP contribution >= 0.6 is 15.9 Å². The third-order valence-electron chi connectivity index (χ3n) is 2.14. The van der Waals surface area contributed by atoms with Crippen molar-refractivity contribution >= 4 is 15.9 Å². The fraction of sp³-hybridized carbons (Fsp3) is 0.500. The van der Waals surface area contributed by atoms with Crippen molar-refractivity contribution in [1.82, 2.24) is 4.90 Å². The van der Waals surface area contributed by atoms with Gasteiger partial charge in [-0.15, -0.1) is 13.2 Å². The Morgan fingerprint density at radius 1 is 1.26 bits per heavy atom. The van der Waals surface area contributed by atoms with Crippen LogP contribution in [0.1, 0.15) is 6.42 Å². The number of alkyl halides is 3. The van der Waals surface area contributed by atoms with Gasteiger partial charge in [-0.05, 0) is 48.6 Å². The molecule has 3 nitrogen and oxygen atoms in total. The Kier molecular flexibility index (Phi) is 5.93. The van der Waals surface area contributed by atoms with E-state index >= 15 is 0 Å². The number of hydrogen-bond acceptors (Lipinski definition) is 3. The van der Waals surface area contributed by atoms with E-state index < -0.39 is 6.36 Å². The molecule has 1 aromatic rings. The Morgan fingerprint density at radius 2 is 1.95 bits per heavy atom. The highest BCUT2D eigenvalue weighted by molar-refractivity contribution is 9.10. The lowest BCUT2D eigenvalue weighted by molar-refractivity contribution is -0.274. The predicted molar refractivity (Wildman–Crippen MR) is 69.5 cm³/mol. The van der Waals surface area contributed by atoms with Crippen LogP contribution in [0.15, 0.2) is 22.7 Å². The molecule has 0 radical (unpaired) electrons. The van der Waals surface area contributed by atoms with E-state index in [-0.39, 0.29) is 5.75 Å². The first-order valence-electron chi connectivity index (χ1n) is 5.61. The van der Waals surface area contributed by atoms with Crippen LogP contribution in [0.25, 0.3) is 0 Å². The molecule has 0 N–H and O–H groups in total. The van der Waals surface area contributed by atoms with E-state index in [0.717, 1.165) is 13.0 Å². The maximum atomic E-state index is 12.1. The maximum absolute atomic E-state index is 12.1. The largest absolute Gasteiger partial charge is 0.573 e. The van der Waals surface area contributed by atoms with Gasteiger partial charge in [0, 0.05) is 12.6 Å². The molecule has 0 saturated heterocycles. The summed E-state index contributed by atoms with van der Waals surface area (Å²) in [6, 6.07) is 3.90. The van der Waals surface area contributed by atoms with Crippen LogP contribution in [0.2, 0.25) is 0 Å². The Morgan fingerprint density at radius 3 is 2.53 bits per heavy atom. The smallest absolute Gasteiger partial charge is 0.492 e. The van der Waals surface area contributed by atoms with Crippen LogP contribution in [0.3, 0.4) is 0 Å². The Hall–Kier alpha value is -0.950. The molecule has 0 aliphatic carbocycles. The monoisotopic (exact) mass is 341 g/mol. The van der Waals surface area contributed by atoms with Crippen LogP contribution in [-0.4, -0.2) is 38.5 Å². The van der Waals surface area contributed by atoms with Gasteiger partial charge in [0.05, 0.1) is 11.1 Å². The van der Waals surface area contributed by atoms with E-state index in [0.29, 0.717) is 16.8 Å².